The molecule has 0 unspecified atom stereocenters. The first kappa shape index (κ1) is 14.1. The minimum absolute atomic E-state index is 0.0594. The average Bonchev–Trinajstić information content (AvgIpc) is 2.78. The van der Waals surface area contributed by atoms with Gasteiger partial charge in [-0.2, -0.15) is 0 Å². The minimum Gasteiger partial charge on any atom is -0.297 e. The summed E-state index contributed by atoms with van der Waals surface area (Å²) < 4.78 is 0. The van der Waals surface area contributed by atoms with Crippen LogP contribution in [0.4, 0.5) is 5.82 Å². The molecule has 1 saturated heterocycles. The van der Waals surface area contributed by atoms with Gasteiger partial charge in [0.25, 0.3) is 0 Å². The van der Waals surface area contributed by atoms with Crippen molar-refractivity contribution in [3.8, 4) is 0 Å². The zero-order valence-corrected chi connectivity index (χ0v) is 12.2. The molecule has 0 aromatic carbocycles. The third-order valence-corrected chi connectivity index (χ3v) is 3.83. The normalized spacial score (nSPS) is 14.9. The summed E-state index contributed by atoms with van der Waals surface area (Å²) in [6.45, 7) is 9.89. The van der Waals surface area contributed by atoms with Crippen LogP contribution < -0.4 is 4.90 Å². The molecule has 0 spiro atoms. The number of hydrogen-bond donors (Lipinski definition) is 0. The lowest BCUT2D eigenvalue weighted by molar-refractivity contribution is -0.117. The summed E-state index contributed by atoms with van der Waals surface area (Å²) in [5, 5.41) is 0.793. The van der Waals surface area contributed by atoms with Gasteiger partial charge in [0.15, 0.2) is 0 Å². The Balaban J connectivity index is 2.65. The average molecular weight is 297 g/mol. The van der Waals surface area contributed by atoms with Crippen LogP contribution in [0, 0.1) is 6.92 Å². The fourth-order valence-electron chi connectivity index (χ4n) is 2.18. The first-order valence-electron chi connectivity index (χ1n) is 5.95. The summed E-state index contributed by atoms with van der Waals surface area (Å²) in [5.74, 6) is 0.624. The number of amides is 1. The molecule has 0 aliphatic carbocycles. The lowest BCUT2D eigenvalue weighted by Crippen LogP contribution is -2.26. The number of carbonyl (C=O) groups is 1. The highest BCUT2D eigenvalue weighted by Crippen LogP contribution is 2.35. The maximum atomic E-state index is 11.8. The molecule has 0 radical (unpaired) electrons. The van der Waals surface area contributed by atoms with Gasteiger partial charge in [-0.15, -0.1) is 0 Å². The smallest absolute Gasteiger partial charge is 0.228 e. The molecule has 19 heavy (non-hydrogen) atoms. The molecule has 1 aromatic heterocycles. The molecule has 100 valence electrons. The lowest BCUT2D eigenvalue weighted by atomic mass is 10.1. The van der Waals surface area contributed by atoms with Gasteiger partial charge in [0, 0.05) is 24.1 Å². The van der Waals surface area contributed by atoms with Crippen LogP contribution in [0.5, 0.6) is 0 Å². The summed E-state index contributed by atoms with van der Waals surface area (Å²) in [6.07, 6.45) is 2.97. The molecule has 0 bridgehead atoms. The first-order valence-corrected chi connectivity index (χ1v) is 6.70. The molecule has 0 atom stereocenters. The molecule has 2 rings (SSSR count). The fourth-order valence-corrected chi connectivity index (χ4v) is 2.58. The van der Waals surface area contributed by atoms with Gasteiger partial charge in [-0.1, -0.05) is 42.4 Å². The van der Waals surface area contributed by atoms with Crippen LogP contribution in [0.1, 0.15) is 29.7 Å². The van der Waals surface area contributed by atoms with E-state index in [1.165, 1.54) is 0 Å². The third-order valence-electron chi connectivity index (χ3n) is 3.16. The highest BCUT2D eigenvalue weighted by molar-refractivity contribution is 6.48. The number of halogens is 2. The Labute approximate surface area is 122 Å². The Kier molecular flexibility index (Phi) is 3.97. The molecule has 1 fully saturated rings. The van der Waals surface area contributed by atoms with Crippen molar-refractivity contribution >= 4 is 46.0 Å². The van der Waals surface area contributed by atoms with Crippen LogP contribution in [-0.4, -0.2) is 17.4 Å². The summed E-state index contributed by atoms with van der Waals surface area (Å²) in [5.41, 5.74) is 1.88. The van der Waals surface area contributed by atoms with Gasteiger partial charge in [-0.3, -0.25) is 9.69 Å². The number of anilines is 1. The van der Waals surface area contributed by atoms with E-state index in [0.717, 1.165) is 12.0 Å². The van der Waals surface area contributed by atoms with Crippen molar-refractivity contribution in [1.29, 1.82) is 0 Å². The zero-order valence-electron chi connectivity index (χ0n) is 10.7. The highest BCUT2D eigenvalue weighted by atomic mass is 35.5. The quantitative estimate of drug-likeness (QED) is 0.844. The number of rotatable bonds is 3. The fraction of sp³-hybridized carbons (Fsp3) is 0.286. The van der Waals surface area contributed by atoms with Gasteiger partial charge in [0.05, 0.1) is 15.7 Å². The predicted molar refractivity (Wildman–Crippen MR) is 80.5 cm³/mol. The topological polar surface area (TPSA) is 33.2 Å². The molecule has 2 heterocycles. The molecular weight excluding hydrogens is 283 g/mol. The van der Waals surface area contributed by atoms with Crippen molar-refractivity contribution in [2.75, 3.05) is 11.4 Å². The number of aromatic nitrogens is 1. The molecule has 0 N–H and O–H groups in total. The second kappa shape index (κ2) is 5.35. The Bertz CT molecular complexity index is 581. The molecule has 0 saturated carbocycles. The largest absolute Gasteiger partial charge is 0.297 e. The second-order valence-electron chi connectivity index (χ2n) is 4.39. The van der Waals surface area contributed by atoms with Crippen LogP contribution >= 0.6 is 23.2 Å². The summed E-state index contributed by atoms with van der Waals surface area (Å²) in [7, 11) is 0. The Morgan fingerprint density at radius 2 is 2.21 bits per heavy atom. The van der Waals surface area contributed by atoms with Crippen molar-refractivity contribution in [3.63, 3.8) is 0 Å². The van der Waals surface area contributed by atoms with E-state index < -0.39 is 0 Å². The predicted octanol–water partition coefficient (Wildman–Crippen LogP) is 4.02. The van der Waals surface area contributed by atoms with Crippen LogP contribution in [-0.2, 0) is 4.79 Å². The van der Waals surface area contributed by atoms with E-state index in [4.69, 9.17) is 23.2 Å². The van der Waals surface area contributed by atoms with Crippen LogP contribution in [0.2, 0.25) is 5.02 Å². The summed E-state index contributed by atoms with van der Waals surface area (Å²) in [4.78, 5) is 17.9. The van der Waals surface area contributed by atoms with E-state index in [2.05, 4.69) is 18.1 Å². The zero-order chi connectivity index (χ0) is 14.2. The van der Waals surface area contributed by atoms with Crippen molar-refractivity contribution in [2.45, 2.75) is 19.8 Å². The minimum atomic E-state index is 0.0594. The van der Waals surface area contributed by atoms with Crippen LogP contribution in [0.25, 0.3) is 11.1 Å². The number of carbonyl (C=O) groups excluding carboxylic acids is 1. The van der Waals surface area contributed by atoms with E-state index in [9.17, 15) is 4.79 Å². The van der Waals surface area contributed by atoms with E-state index in [-0.39, 0.29) is 10.9 Å². The Morgan fingerprint density at radius 3 is 2.68 bits per heavy atom. The van der Waals surface area contributed by atoms with E-state index in [0.29, 0.717) is 35.1 Å². The lowest BCUT2D eigenvalue weighted by Gasteiger charge is -2.20. The van der Waals surface area contributed by atoms with Gasteiger partial charge < -0.3 is 0 Å². The molecule has 1 aromatic rings. The van der Waals surface area contributed by atoms with E-state index in [1.54, 1.807) is 11.0 Å². The van der Waals surface area contributed by atoms with Crippen molar-refractivity contribution in [1.82, 2.24) is 4.98 Å². The Morgan fingerprint density at radius 1 is 1.53 bits per heavy atom. The maximum Gasteiger partial charge on any atom is 0.228 e. The number of nitrogens with zero attached hydrogens (tertiary/aromatic N) is 2. The third kappa shape index (κ3) is 2.40. The van der Waals surface area contributed by atoms with Gasteiger partial charge in [0.1, 0.15) is 5.82 Å². The standard InChI is InChI=1S/C14H14Cl2N2O/c1-4-10-12(16)8(2)14(17-13(10)9(3)15)18-7-5-6-11(18)19/h4H,1,3,5-7H2,2H3. The summed E-state index contributed by atoms with van der Waals surface area (Å²) >= 11 is 12.3. The van der Waals surface area contributed by atoms with Crippen LogP contribution in [0.15, 0.2) is 13.2 Å². The van der Waals surface area contributed by atoms with Crippen molar-refractivity contribution < 1.29 is 4.79 Å². The van der Waals surface area contributed by atoms with Gasteiger partial charge in [-0.05, 0) is 13.3 Å². The number of hydrogen-bond acceptors (Lipinski definition) is 2. The second-order valence-corrected chi connectivity index (χ2v) is 5.23. The summed E-state index contributed by atoms with van der Waals surface area (Å²) in [6, 6.07) is 0. The number of pyridine rings is 1. The molecular formula is C14H14Cl2N2O. The van der Waals surface area contributed by atoms with E-state index in [1.807, 2.05) is 6.92 Å². The SMILES string of the molecule is C=Cc1c(C(=C)Cl)nc(N2CCCC2=O)c(C)c1Cl. The van der Waals surface area contributed by atoms with Crippen molar-refractivity contribution in [2.24, 2.45) is 0 Å². The molecule has 3 nitrogen and oxygen atoms in total. The maximum absolute atomic E-state index is 11.8. The molecule has 5 heteroatoms. The van der Waals surface area contributed by atoms with Gasteiger partial charge >= 0.3 is 0 Å². The molecule has 1 amide bonds. The van der Waals surface area contributed by atoms with Gasteiger partial charge in [0.2, 0.25) is 5.91 Å². The van der Waals surface area contributed by atoms with Crippen molar-refractivity contribution in [3.05, 3.63) is 35.0 Å². The van der Waals surface area contributed by atoms with E-state index >= 15 is 0 Å². The Hall–Kier alpha value is -1.32. The molecule has 1 aliphatic rings. The van der Waals surface area contributed by atoms with Gasteiger partial charge in [-0.25, -0.2) is 4.98 Å². The first-order chi connectivity index (χ1) is 8.97. The highest BCUT2D eigenvalue weighted by Gasteiger charge is 2.27. The van der Waals surface area contributed by atoms with Crippen LogP contribution in [0.3, 0.4) is 0 Å². The molecule has 1 aliphatic heterocycles. The monoisotopic (exact) mass is 296 g/mol.